The van der Waals surface area contributed by atoms with E-state index in [4.69, 9.17) is 5.73 Å². The minimum absolute atomic E-state index is 0.604. The topological polar surface area (TPSA) is 70.8 Å². The summed E-state index contributed by atoms with van der Waals surface area (Å²) in [6, 6.07) is 0. The van der Waals surface area contributed by atoms with Gasteiger partial charge in [0, 0.05) is 19.5 Å². The first kappa shape index (κ1) is 12.0. The Bertz CT molecular complexity index is 384. The van der Waals surface area contributed by atoms with Crippen LogP contribution in [0.5, 0.6) is 0 Å². The summed E-state index contributed by atoms with van der Waals surface area (Å²) in [7, 11) is 0. The Labute approximate surface area is 108 Å². The van der Waals surface area contributed by atoms with Crippen LogP contribution < -0.4 is 10.6 Å². The molecule has 18 heavy (non-hydrogen) atoms. The molecule has 1 aliphatic heterocycles. The number of nitrogens with zero attached hydrogens (tertiary/aromatic N) is 3. The number of nitrogens with one attached hydrogen (secondary N) is 1. The monoisotopic (exact) mass is 249 g/mol. The van der Waals surface area contributed by atoms with Crippen molar-refractivity contribution in [2.24, 2.45) is 17.6 Å². The van der Waals surface area contributed by atoms with Crippen molar-refractivity contribution in [3.05, 3.63) is 5.82 Å². The summed E-state index contributed by atoms with van der Waals surface area (Å²) in [6.45, 7) is 2.85. The van der Waals surface area contributed by atoms with Gasteiger partial charge >= 0.3 is 0 Å². The lowest BCUT2D eigenvalue weighted by atomic mass is 9.83. The summed E-state index contributed by atoms with van der Waals surface area (Å²) >= 11 is 0. The number of nitrogens with two attached hydrogens (primary N) is 1. The van der Waals surface area contributed by atoms with Crippen molar-refractivity contribution in [3.8, 4) is 0 Å². The van der Waals surface area contributed by atoms with Gasteiger partial charge in [-0.2, -0.15) is 4.98 Å². The lowest BCUT2D eigenvalue weighted by Gasteiger charge is -2.31. The van der Waals surface area contributed by atoms with Crippen LogP contribution in [-0.4, -0.2) is 34.8 Å². The lowest BCUT2D eigenvalue weighted by Crippen LogP contribution is -2.39. The van der Waals surface area contributed by atoms with Crippen molar-refractivity contribution >= 4 is 5.95 Å². The first-order valence-corrected chi connectivity index (χ1v) is 7.21. The molecule has 2 heterocycles. The van der Waals surface area contributed by atoms with Gasteiger partial charge in [-0.05, 0) is 31.2 Å². The highest BCUT2D eigenvalue weighted by atomic mass is 15.4. The van der Waals surface area contributed by atoms with Gasteiger partial charge in [-0.25, -0.2) is 0 Å². The van der Waals surface area contributed by atoms with Crippen molar-refractivity contribution in [1.29, 1.82) is 0 Å². The predicted molar refractivity (Wildman–Crippen MR) is 71.4 cm³/mol. The number of anilines is 1. The van der Waals surface area contributed by atoms with Gasteiger partial charge in [0.05, 0.1) is 0 Å². The van der Waals surface area contributed by atoms with Crippen molar-refractivity contribution in [2.45, 2.75) is 38.5 Å². The summed E-state index contributed by atoms with van der Waals surface area (Å²) in [6.07, 6.45) is 7.61. The molecule has 0 amide bonds. The number of aromatic nitrogens is 3. The average Bonchev–Trinajstić information content (AvgIpc) is 2.83. The third kappa shape index (κ3) is 2.51. The Morgan fingerprint density at radius 3 is 2.78 bits per heavy atom. The van der Waals surface area contributed by atoms with Crippen LogP contribution in [0.25, 0.3) is 0 Å². The molecule has 2 aliphatic rings. The fourth-order valence-electron chi connectivity index (χ4n) is 2.93. The molecular weight excluding hydrogens is 226 g/mol. The number of hydrogen-bond donors (Lipinski definition) is 2. The van der Waals surface area contributed by atoms with Gasteiger partial charge in [0.1, 0.15) is 5.82 Å². The SMILES string of the molecule is NCC1CCCN(c2n[nH]c(CC3CCC3)n2)C1. The fraction of sp³-hybridized carbons (Fsp3) is 0.846. The molecule has 1 saturated carbocycles. The molecule has 100 valence electrons. The van der Waals surface area contributed by atoms with Gasteiger partial charge in [0.25, 0.3) is 0 Å². The maximum absolute atomic E-state index is 5.76. The number of rotatable bonds is 4. The van der Waals surface area contributed by atoms with E-state index in [1.165, 1.54) is 32.1 Å². The molecule has 1 saturated heterocycles. The Hall–Kier alpha value is -1.10. The summed E-state index contributed by atoms with van der Waals surface area (Å²) in [5, 5.41) is 7.47. The highest BCUT2D eigenvalue weighted by Crippen LogP contribution is 2.29. The molecule has 5 heteroatoms. The third-order valence-electron chi connectivity index (χ3n) is 4.36. The van der Waals surface area contributed by atoms with Crippen molar-refractivity contribution in [2.75, 3.05) is 24.5 Å². The minimum atomic E-state index is 0.604. The quantitative estimate of drug-likeness (QED) is 0.844. The molecule has 3 rings (SSSR count). The van der Waals surface area contributed by atoms with E-state index in [-0.39, 0.29) is 0 Å². The highest BCUT2D eigenvalue weighted by Gasteiger charge is 2.23. The number of H-pyrrole nitrogens is 1. The van der Waals surface area contributed by atoms with Crippen LogP contribution in [0.15, 0.2) is 0 Å². The second-order valence-electron chi connectivity index (χ2n) is 5.77. The summed E-state index contributed by atoms with van der Waals surface area (Å²) in [5.74, 6) is 3.38. The van der Waals surface area contributed by atoms with Crippen LogP contribution in [0, 0.1) is 11.8 Å². The van der Waals surface area contributed by atoms with Gasteiger partial charge in [0.15, 0.2) is 0 Å². The Balaban J connectivity index is 1.61. The average molecular weight is 249 g/mol. The molecule has 1 unspecified atom stereocenters. The van der Waals surface area contributed by atoms with E-state index in [0.717, 1.165) is 43.7 Å². The van der Waals surface area contributed by atoms with E-state index in [0.29, 0.717) is 5.92 Å². The first-order valence-electron chi connectivity index (χ1n) is 7.21. The van der Waals surface area contributed by atoms with Gasteiger partial charge in [-0.1, -0.05) is 19.3 Å². The molecule has 0 spiro atoms. The maximum Gasteiger partial charge on any atom is 0.244 e. The van der Waals surface area contributed by atoms with Crippen molar-refractivity contribution < 1.29 is 0 Å². The van der Waals surface area contributed by atoms with E-state index >= 15 is 0 Å². The molecule has 0 bridgehead atoms. The number of aromatic amines is 1. The van der Waals surface area contributed by atoms with Crippen LogP contribution in [0.1, 0.15) is 37.9 Å². The highest BCUT2D eigenvalue weighted by molar-refractivity contribution is 5.29. The van der Waals surface area contributed by atoms with E-state index in [2.05, 4.69) is 20.1 Å². The van der Waals surface area contributed by atoms with Gasteiger partial charge in [-0.15, -0.1) is 5.10 Å². The van der Waals surface area contributed by atoms with E-state index in [9.17, 15) is 0 Å². The number of piperidine rings is 1. The Kier molecular flexibility index (Phi) is 3.50. The molecule has 1 aromatic heterocycles. The second-order valence-corrected chi connectivity index (χ2v) is 5.77. The second kappa shape index (κ2) is 5.26. The van der Waals surface area contributed by atoms with E-state index in [1.807, 2.05) is 0 Å². The Morgan fingerprint density at radius 1 is 1.22 bits per heavy atom. The molecule has 1 aromatic rings. The molecule has 3 N–H and O–H groups in total. The first-order chi connectivity index (χ1) is 8.85. The molecule has 2 fully saturated rings. The normalized spacial score (nSPS) is 25.2. The molecule has 5 nitrogen and oxygen atoms in total. The van der Waals surface area contributed by atoms with Gasteiger partial charge < -0.3 is 10.6 Å². The van der Waals surface area contributed by atoms with Crippen LogP contribution in [0.3, 0.4) is 0 Å². The summed E-state index contributed by atoms with van der Waals surface area (Å²) < 4.78 is 0. The molecule has 1 atom stereocenters. The predicted octanol–water partition coefficient (Wildman–Crippen LogP) is 1.32. The van der Waals surface area contributed by atoms with Gasteiger partial charge in [0.2, 0.25) is 5.95 Å². The molecule has 0 radical (unpaired) electrons. The maximum atomic E-state index is 5.76. The standard InChI is InChI=1S/C13H23N5/c14-8-11-5-2-6-18(9-11)13-15-12(16-17-13)7-10-3-1-4-10/h10-11H,1-9,14H2,(H,15,16,17). The zero-order valence-electron chi connectivity index (χ0n) is 10.9. The van der Waals surface area contributed by atoms with E-state index < -0.39 is 0 Å². The molecular formula is C13H23N5. The minimum Gasteiger partial charge on any atom is -0.339 e. The number of hydrogen-bond acceptors (Lipinski definition) is 4. The van der Waals surface area contributed by atoms with Crippen molar-refractivity contribution in [3.63, 3.8) is 0 Å². The summed E-state index contributed by atoms with van der Waals surface area (Å²) in [5.41, 5.74) is 5.76. The summed E-state index contributed by atoms with van der Waals surface area (Å²) in [4.78, 5) is 6.92. The zero-order chi connectivity index (χ0) is 12.4. The fourth-order valence-corrected chi connectivity index (χ4v) is 2.93. The largest absolute Gasteiger partial charge is 0.339 e. The van der Waals surface area contributed by atoms with Crippen LogP contribution in [-0.2, 0) is 6.42 Å². The van der Waals surface area contributed by atoms with Crippen molar-refractivity contribution in [1.82, 2.24) is 15.2 Å². The lowest BCUT2D eigenvalue weighted by molar-refractivity contribution is 0.309. The zero-order valence-corrected chi connectivity index (χ0v) is 10.9. The van der Waals surface area contributed by atoms with Crippen LogP contribution in [0.4, 0.5) is 5.95 Å². The third-order valence-corrected chi connectivity index (χ3v) is 4.36. The van der Waals surface area contributed by atoms with Gasteiger partial charge in [-0.3, -0.25) is 5.10 Å². The smallest absolute Gasteiger partial charge is 0.244 e. The molecule has 1 aliphatic carbocycles. The molecule has 0 aromatic carbocycles. The Morgan fingerprint density at radius 2 is 2.06 bits per heavy atom. The van der Waals surface area contributed by atoms with Crippen LogP contribution in [0.2, 0.25) is 0 Å². The van der Waals surface area contributed by atoms with Crippen LogP contribution >= 0.6 is 0 Å². The van der Waals surface area contributed by atoms with E-state index in [1.54, 1.807) is 0 Å².